The molecular weight excluding hydrogens is 443 g/mol. The molecule has 5 rings (SSSR count). The first kappa shape index (κ1) is 21.5. The number of aromatic nitrogens is 2. The van der Waals surface area contributed by atoms with E-state index in [1.54, 1.807) is 30.5 Å². The Hall–Kier alpha value is -4.33. The first-order valence-electron chi connectivity index (χ1n) is 10.8. The first-order valence-corrected chi connectivity index (χ1v) is 10.8. The molecule has 1 amide bonds. The molecule has 4 heterocycles. The zero-order chi connectivity index (χ0) is 23.5. The average molecular weight is 464 g/mol. The third kappa shape index (κ3) is 4.30. The van der Waals surface area contributed by atoms with Gasteiger partial charge in [0.05, 0.1) is 16.9 Å². The van der Waals surface area contributed by atoms with E-state index in [9.17, 15) is 4.79 Å². The van der Waals surface area contributed by atoms with Crippen molar-refractivity contribution in [1.29, 1.82) is 5.26 Å². The minimum Gasteiger partial charge on any atom is -0.473 e. The molecule has 0 saturated carbocycles. The highest BCUT2D eigenvalue weighted by molar-refractivity contribution is 5.90. The quantitative estimate of drug-likeness (QED) is 0.544. The molecule has 1 aromatic carbocycles. The zero-order valence-electron chi connectivity index (χ0n) is 18.1. The Labute approximate surface area is 194 Å². The van der Waals surface area contributed by atoms with Gasteiger partial charge in [0.15, 0.2) is 0 Å². The van der Waals surface area contributed by atoms with E-state index in [1.165, 1.54) is 17.2 Å². The number of cyclic esters (lactones) is 1. The van der Waals surface area contributed by atoms with Crippen molar-refractivity contribution in [2.75, 3.05) is 54.1 Å². The molecular formula is C23H21FN6O4. The van der Waals surface area contributed by atoms with Gasteiger partial charge in [-0.2, -0.15) is 5.26 Å². The molecule has 2 saturated heterocycles. The highest BCUT2D eigenvalue weighted by Crippen LogP contribution is 2.30. The Kier molecular flexibility index (Phi) is 5.86. The molecule has 2 aliphatic heterocycles. The average Bonchev–Trinajstić information content (AvgIpc) is 3.52. The number of piperazine rings is 1. The Balaban J connectivity index is 1.24. The van der Waals surface area contributed by atoms with E-state index in [4.69, 9.17) is 19.3 Å². The normalized spacial score (nSPS) is 18.1. The summed E-state index contributed by atoms with van der Waals surface area (Å²) < 4.78 is 30.5. The summed E-state index contributed by atoms with van der Waals surface area (Å²) in [6.07, 6.45) is 2.38. The van der Waals surface area contributed by atoms with Gasteiger partial charge in [-0.05, 0) is 35.5 Å². The standard InChI is InChI=1S/C23H21FN6O4/c24-19-11-17(30-18(15-33-23(30)31)14-32-22-5-10-34-27-22)2-3-20(19)28-6-8-29(9-7-28)21-4-1-16(12-25)13-26-21/h1-5,10-11,13,18H,6-9,14-15H2/t18-/m1/s1. The van der Waals surface area contributed by atoms with Gasteiger partial charge in [-0.25, -0.2) is 14.2 Å². The summed E-state index contributed by atoms with van der Waals surface area (Å²) in [7, 11) is 0. The number of carbonyl (C=O) groups is 1. The Morgan fingerprint density at radius 3 is 2.65 bits per heavy atom. The highest BCUT2D eigenvalue weighted by atomic mass is 19.1. The lowest BCUT2D eigenvalue weighted by molar-refractivity contribution is 0.174. The van der Waals surface area contributed by atoms with Crippen LogP contribution in [0.5, 0.6) is 5.88 Å². The van der Waals surface area contributed by atoms with Crippen molar-refractivity contribution in [2.24, 2.45) is 0 Å². The third-order valence-corrected chi connectivity index (χ3v) is 5.83. The van der Waals surface area contributed by atoms with Crippen molar-refractivity contribution in [3.05, 3.63) is 60.2 Å². The number of ether oxygens (including phenoxy) is 2. The predicted molar refractivity (Wildman–Crippen MR) is 119 cm³/mol. The molecule has 0 bridgehead atoms. The number of nitriles is 1. The molecule has 0 unspecified atom stereocenters. The molecule has 2 aliphatic rings. The predicted octanol–water partition coefficient (Wildman–Crippen LogP) is 2.81. The maximum Gasteiger partial charge on any atom is 0.414 e. The first-order chi connectivity index (χ1) is 16.6. The molecule has 2 fully saturated rings. The van der Waals surface area contributed by atoms with Crippen LogP contribution < -0.4 is 19.4 Å². The second-order valence-electron chi connectivity index (χ2n) is 7.88. The van der Waals surface area contributed by atoms with Crippen molar-refractivity contribution in [2.45, 2.75) is 6.04 Å². The summed E-state index contributed by atoms with van der Waals surface area (Å²) in [4.78, 5) is 22.1. The smallest absolute Gasteiger partial charge is 0.414 e. The molecule has 3 aromatic rings. The number of anilines is 3. The SMILES string of the molecule is N#Cc1ccc(N2CCN(c3ccc(N4C(=O)OC[C@H]4COc4ccon4)cc3F)CC2)nc1. The van der Waals surface area contributed by atoms with Crippen LogP contribution in [0.15, 0.2) is 53.4 Å². The van der Waals surface area contributed by atoms with Crippen LogP contribution in [0.1, 0.15) is 5.56 Å². The van der Waals surface area contributed by atoms with E-state index in [1.807, 2.05) is 11.0 Å². The lowest BCUT2D eigenvalue weighted by atomic mass is 10.2. The van der Waals surface area contributed by atoms with Gasteiger partial charge in [-0.3, -0.25) is 4.90 Å². The molecule has 11 heteroatoms. The molecule has 174 valence electrons. The van der Waals surface area contributed by atoms with Crippen molar-refractivity contribution >= 4 is 23.3 Å². The number of pyridine rings is 1. The van der Waals surface area contributed by atoms with Crippen LogP contribution in [-0.2, 0) is 4.74 Å². The van der Waals surface area contributed by atoms with Gasteiger partial charge in [-0.15, -0.1) is 0 Å². The summed E-state index contributed by atoms with van der Waals surface area (Å²) in [6.45, 7) is 2.81. The fraction of sp³-hybridized carbons (Fsp3) is 0.304. The lowest BCUT2D eigenvalue weighted by Gasteiger charge is -2.37. The van der Waals surface area contributed by atoms with Gasteiger partial charge in [0.25, 0.3) is 5.88 Å². The van der Waals surface area contributed by atoms with Gasteiger partial charge in [-0.1, -0.05) is 0 Å². The number of rotatable bonds is 6. The van der Waals surface area contributed by atoms with Crippen molar-refractivity contribution < 1.29 is 23.2 Å². The van der Waals surface area contributed by atoms with Gasteiger partial charge < -0.3 is 23.8 Å². The lowest BCUT2D eigenvalue weighted by Crippen LogP contribution is -2.47. The minimum absolute atomic E-state index is 0.130. The molecule has 2 aromatic heterocycles. The van der Waals surface area contributed by atoms with Crippen LogP contribution in [0.4, 0.5) is 26.4 Å². The van der Waals surface area contributed by atoms with E-state index in [-0.39, 0.29) is 13.2 Å². The monoisotopic (exact) mass is 464 g/mol. The largest absolute Gasteiger partial charge is 0.473 e. The number of nitrogens with zero attached hydrogens (tertiary/aromatic N) is 6. The summed E-state index contributed by atoms with van der Waals surface area (Å²) in [5.74, 6) is 0.676. The molecule has 34 heavy (non-hydrogen) atoms. The molecule has 1 atom stereocenters. The molecule has 0 N–H and O–H groups in total. The Morgan fingerprint density at radius 1 is 1.15 bits per heavy atom. The topological polar surface area (TPSA) is 108 Å². The fourth-order valence-corrected chi connectivity index (χ4v) is 4.07. The molecule has 0 radical (unpaired) electrons. The van der Waals surface area contributed by atoms with E-state index in [0.29, 0.717) is 49.0 Å². The molecule has 0 spiro atoms. The second-order valence-corrected chi connectivity index (χ2v) is 7.88. The minimum atomic E-state index is -0.551. The van der Waals surface area contributed by atoms with Crippen LogP contribution in [0.2, 0.25) is 0 Å². The van der Waals surface area contributed by atoms with Crippen molar-refractivity contribution in [1.82, 2.24) is 10.1 Å². The van der Waals surface area contributed by atoms with Crippen LogP contribution in [-0.4, -0.2) is 61.7 Å². The highest BCUT2D eigenvalue weighted by Gasteiger charge is 2.35. The number of hydrogen-bond acceptors (Lipinski definition) is 9. The number of halogens is 1. The van der Waals surface area contributed by atoms with Crippen LogP contribution in [0.25, 0.3) is 0 Å². The fourth-order valence-electron chi connectivity index (χ4n) is 4.07. The van der Waals surface area contributed by atoms with E-state index < -0.39 is 18.0 Å². The van der Waals surface area contributed by atoms with Crippen LogP contribution in [0, 0.1) is 17.1 Å². The van der Waals surface area contributed by atoms with Gasteiger partial charge >= 0.3 is 6.09 Å². The summed E-state index contributed by atoms with van der Waals surface area (Å²) in [5.41, 5.74) is 1.38. The van der Waals surface area contributed by atoms with E-state index in [0.717, 1.165) is 5.82 Å². The van der Waals surface area contributed by atoms with Crippen molar-refractivity contribution in [3.8, 4) is 11.9 Å². The number of amides is 1. The van der Waals surface area contributed by atoms with Crippen molar-refractivity contribution in [3.63, 3.8) is 0 Å². The maximum atomic E-state index is 15.1. The van der Waals surface area contributed by atoms with E-state index in [2.05, 4.69) is 21.1 Å². The van der Waals surface area contributed by atoms with Crippen LogP contribution in [0.3, 0.4) is 0 Å². The molecule has 10 nitrogen and oxygen atoms in total. The molecule has 0 aliphatic carbocycles. The zero-order valence-corrected chi connectivity index (χ0v) is 18.1. The summed E-state index contributed by atoms with van der Waals surface area (Å²) >= 11 is 0. The number of hydrogen-bond donors (Lipinski definition) is 0. The maximum absolute atomic E-state index is 15.1. The second kappa shape index (κ2) is 9.27. The van der Waals surface area contributed by atoms with Gasteiger partial charge in [0.1, 0.15) is 43.2 Å². The van der Waals surface area contributed by atoms with E-state index >= 15 is 4.39 Å². The number of benzene rings is 1. The third-order valence-electron chi connectivity index (χ3n) is 5.83. The summed E-state index contributed by atoms with van der Waals surface area (Å²) in [6, 6.07) is 11.5. The van der Waals surface area contributed by atoms with Gasteiger partial charge in [0, 0.05) is 38.4 Å². The van der Waals surface area contributed by atoms with Crippen LogP contribution >= 0.6 is 0 Å². The Bertz CT molecular complexity index is 1190. The summed E-state index contributed by atoms with van der Waals surface area (Å²) in [5, 5.41) is 12.6. The Morgan fingerprint density at radius 2 is 1.97 bits per heavy atom. The number of carbonyl (C=O) groups excluding carboxylic acids is 1. The van der Waals surface area contributed by atoms with Gasteiger partial charge in [0.2, 0.25) is 0 Å².